The summed E-state index contributed by atoms with van der Waals surface area (Å²) in [6, 6.07) is 7.36. The fourth-order valence-electron chi connectivity index (χ4n) is 3.36. The van der Waals surface area contributed by atoms with E-state index in [1.165, 1.54) is 6.33 Å². The van der Waals surface area contributed by atoms with Crippen LogP contribution in [0.1, 0.15) is 10.4 Å². The molecule has 1 aliphatic rings. The number of pyridine rings is 1. The van der Waals surface area contributed by atoms with E-state index in [0.29, 0.717) is 22.1 Å². The molecule has 8 nitrogen and oxygen atoms in total. The van der Waals surface area contributed by atoms with Crippen LogP contribution < -0.4 is 0 Å². The molecule has 1 N–H and O–H groups in total. The Morgan fingerprint density at radius 2 is 2.00 bits per heavy atom. The van der Waals surface area contributed by atoms with Crippen LogP contribution in [-0.2, 0) is 0 Å². The summed E-state index contributed by atoms with van der Waals surface area (Å²) in [6.45, 7) is 1.54. The van der Waals surface area contributed by atoms with Crippen molar-refractivity contribution in [2.75, 3.05) is 24.6 Å². The van der Waals surface area contributed by atoms with Crippen molar-refractivity contribution in [2.24, 2.45) is 0 Å². The van der Waals surface area contributed by atoms with Gasteiger partial charge in [-0.3, -0.25) is 4.79 Å². The van der Waals surface area contributed by atoms with E-state index in [2.05, 4.69) is 25.3 Å². The second kappa shape index (κ2) is 7.49. The number of fused-ring (bicyclic) bond motifs is 1. The van der Waals surface area contributed by atoms with Gasteiger partial charge in [-0.25, -0.2) is 9.67 Å². The van der Waals surface area contributed by atoms with Gasteiger partial charge in [-0.1, -0.05) is 11.6 Å². The molecule has 146 valence electrons. The molecule has 1 fully saturated rings. The van der Waals surface area contributed by atoms with Gasteiger partial charge in [0.15, 0.2) is 11.5 Å². The van der Waals surface area contributed by atoms with Gasteiger partial charge in [0.25, 0.3) is 5.91 Å². The van der Waals surface area contributed by atoms with Crippen molar-refractivity contribution in [2.45, 2.75) is 0 Å². The fraction of sp³-hybridized carbons (Fsp3) is 0.211. The third-order valence-corrected chi connectivity index (χ3v) is 5.93. The SMILES string of the molecule is O=C(c1cnc2c(cnn2-c2cc(Cl)cc(-c3nnc[nH]3)c2)c1)N1CCSCC1. The van der Waals surface area contributed by atoms with Gasteiger partial charge in [0, 0.05) is 46.8 Å². The van der Waals surface area contributed by atoms with Gasteiger partial charge < -0.3 is 9.88 Å². The fourth-order valence-corrected chi connectivity index (χ4v) is 4.49. The largest absolute Gasteiger partial charge is 0.337 e. The summed E-state index contributed by atoms with van der Waals surface area (Å²) in [5.41, 5.74) is 2.78. The van der Waals surface area contributed by atoms with Crippen LogP contribution in [0.2, 0.25) is 5.02 Å². The predicted molar refractivity (Wildman–Crippen MR) is 112 cm³/mol. The number of aromatic amines is 1. The number of H-pyrrole nitrogens is 1. The molecular formula is C19H16ClN7OS. The number of carbonyl (C=O) groups is 1. The number of benzene rings is 1. The zero-order chi connectivity index (χ0) is 19.8. The molecule has 0 bridgehead atoms. The first-order valence-corrected chi connectivity index (χ1v) is 10.6. The molecule has 0 saturated carbocycles. The van der Waals surface area contributed by atoms with E-state index >= 15 is 0 Å². The van der Waals surface area contributed by atoms with Gasteiger partial charge in [-0.15, -0.1) is 10.2 Å². The van der Waals surface area contributed by atoms with Crippen molar-refractivity contribution < 1.29 is 4.79 Å². The van der Waals surface area contributed by atoms with E-state index in [9.17, 15) is 4.79 Å². The molecule has 1 aromatic carbocycles. The monoisotopic (exact) mass is 425 g/mol. The minimum absolute atomic E-state index is 0.0165. The first-order chi connectivity index (χ1) is 14.2. The zero-order valence-electron chi connectivity index (χ0n) is 15.2. The Morgan fingerprint density at radius 1 is 1.14 bits per heavy atom. The number of hydrogen-bond donors (Lipinski definition) is 1. The Balaban J connectivity index is 1.51. The second-order valence-electron chi connectivity index (χ2n) is 6.63. The van der Waals surface area contributed by atoms with Crippen LogP contribution in [-0.4, -0.2) is 65.3 Å². The summed E-state index contributed by atoms with van der Waals surface area (Å²) in [6.07, 6.45) is 4.84. The topological polar surface area (TPSA) is 92.6 Å². The number of amides is 1. The number of halogens is 1. The molecule has 0 atom stereocenters. The number of hydrogen-bond acceptors (Lipinski definition) is 6. The molecule has 3 aromatic heterocycles. The molecule has 29 heavy (non-hydrogen) atoms. The lowest BCUT2D eigenvalue weighted by Crippen LogP contribution is -2.37. The smallest absolute Gasteiger partial charge is 0.255 e. The average Bonchev–Trinajstić information content (AvgIpc) is 3.43. The highest BCUT2D eigenvalue weighted by Gasteiger charge is 2.20. The molecule has 0 spiro atoms. The standard InChI is InChI=1S/C19H16ClN7OS/c20-15-6-12(17-22-11-23-25-17)7-16(8-15)27-18-13(10-24-27)5-14(9-21-18)19(28)26-1-3-29-4-2-26/h5-11H,1-4H2,(H,22,23,25). The van der Waals surface area contributed by atoms with Crippen LogP contribution >= 0.6 is 23.4 Å². The normalized spacial score (nSPS) is 14.4. The van der Waals surface area contributed by atoms with Gasteiger partial charge in [-0.05, 0) is 24.3 Å². The van der Waals surface area contributed by atoms with Crippen molar-refractivity contribution in [3.05, 3.63) is 53.6 Å². The molecule has 1 aliphatic heterocycles. The zero-order valence-corrected chi connectivity index (χ0v) is 16.8. The van der Waals surface area contributed by atoms with Crippen LogP contribution in [0, 0.1) is 0 Å². The molecule has 10 heteroatoms. The Labute approximate surface area is 175 Å². The van der Waals surface area contributed by atoms with Gasteiger partial charge in [0.05, 0.1) is 17.4 Å². The number of rotatable bonds is 3. The average molecular weight is 426 g/mol. The Kier molecular flexibility index (Phi) is 4.69. The third kappa shape index (κ3) is 3.47. The lowest BCUT2D eigenvalue weighted by Gasteiger charge is -2.26. The van der Waals surface area contributed by atoms with Gasteiger partial charge in [0.2, 0.25) is 0 Å². The van der Waals surface area contributed by atoms with Crippen LogP contribution in [0.4, 0.5) is 0 Å². The van der Waals surface area contributed by atoms with E-state index in [0.717, 1.165) is 41.2 Å². The highest BCUT2D eigenvalue weighted by atomic mass is 35.5. The van der Waals surface area contributed by atoms with Crippen molar-refractivity contribution in [3.8, 4) is 17.1 Å². The Hall–Kier alpha value is -2.91. The van der Waals surface area contributed by atoms with E-state index in [-0.39, 0.29) is 5.91 Å². The Bertz CT molecular complexity index is 1180. The van der Waals surface area contributed by atoms with E-state index in [4.69, 9.17) is 11.6 Å². The summed E-state index contributed by atoms with van der Waals surface area (Å²) < 4.78 is 1.70. The third-order valence-electron chi connectivity index (χ3n) is 4.77. The molecule has 0 aliphatic carbocycles. The predicted octanol–water partition coefficient (Wildman–Crippen LogP) is 3.05. The van der Waals surface area contributed by atoms with E-state index < -0.39 is 0 Å². The van der Waals surface area contributed by atoms with Gasteiger partial charge in [-0.2, -0.15) is 16.9 Å². The van der Waals surface area contributed by atoms with Crippen molar-refractivity contribution >= 4 is 40.3 Å². The molecular weight excluding hydrogens is 410 g/mol. The van der Waals surface area contributed by atoms with E-state index in [1.807, 2.05) is 28.8 Å². The molecule has 0 unspecified atom stereocenters. The van der Waals surface area contributed by atoms with E-state index in [1.54, 1.807) is 29.2 Å². The van der Waals surface area contributed by atoms with Crippen molar-refractivity contribution in [1.82, 2.24) is 34.8 Å². The summed E-state index contributed by atoms with van der Waals surface area (Å²) >= 11 is 8.18. The molecule has 5 rings (SSSR count). The highest BCUT2D eigenvalue weighted by Crippen LogP contribution is 2.26. The molecule has 4 heterocycles. The maximum absolute atomic E-state index is 12.8. The van der Waals surface area contributed by atoms with Crippen LogP contribution in [0.5, 0.6) is 0 Å². The van der Waals surface area contributed by atoms with Gasteiger partial charge in [0.1, 0.15) is 6.33 Å². The first kappa shape index (κ1) is 18.1. The number of carbonyl (C=O) groups excluding carboxylic acids is 1. The van der Waals surface area contributed by atoms with Crippen LogP contribution in [0.25, 0.3) is 28.1 Å². The minimum Gasteiger partial charge on any atom is -0.337 e. The molecule has 1 amide bonds. The summed E-state index contributed by atoms with van der Waals surface area (Å²) in [5, 5.41) is 13.7. The number of nitrogens with one attached hydrogen (secondary N) is 1. The van der Waals surface area contributed by atoms with Crippen LogP contribution in [0.15, 0.2) is 43.0 Å². The summed E-state index contributed by atoms with van der Waals surface area (Å²) in [4.78, 5) is 22.1. The highest BCUT2D eigenvalue weighted by molar-refractivity contribution is 7.99. The molecule has 4 aromatic rings. The number of thioether (sulfide) groups is 1. The minimum atomic E-state index is 0.0165. The lowest BCUT2D eigenvalue weighted by atomic mass is 10.2. The first-order valence-electron chi connectivity index (χ1n) is 9.07. The Morgan fingerprint density at radius 3 is 2.79 bits per heavy atom. The molecule has 0 radical (unpaired) electrons. The quantitative estimate of drug-likeness (QED) is 0.542. The summed E-state index contributed by atoms with van der Waals surface area (Å²) in [5.74, 6) is 2.58. The van der Waals surface area contributed by atoms with Gasteiger partial charge >= 0.3 is 0 Å². The molecule has 1 saturated heterocycles. The van der Waals surface area contributed by atoms with Crippen molar-refractivity contribution in [3.63, 3.8) is 0 Å². The maximum Gasteiger partial charge on any atom is 0.255 e. The van der Waals surface area contributed by atoms with Crippen molar-refractivity contribution in [1.29, 1.82) is 0 Å². The number of nitrogens with zero attached hydrogens (tertiary/aromatic N) is 6. The summed E-state index contributed by atoms with van der Waals surface area (Å²) in [7, 11) is 0. The van der Waals surface area contributed by atoms with Crippen LogP contribution in [0.3, 0.4) is 0 Å². The second-order valence-corrected chi connectivity index (χ2v) is 8.29. The number of aromatic nitrogens is 6. The lowest BCUT2D eigenvalue weighted by molar-refractivity contribution is 0.0772. The maximum atomic E-state index is 12.8.